The number of aliphatic imine (C=N–C) groups is 1. The minimum Gasteiger partial charge on any atom is -0.497 e. The van der Waals surface area contributed by atoms with Gasteiger partial charge in [0.2, 0.25) is 0 Å². The number of likely N-dealkylation sites (N-methyl/N-ethyl adjacent to an activating group) is 1. The van der Waals surface area contributed by atoms with E-state index in [1.54, 1.807) is 7.11 Å². The Labute approximate surface area is 186 Å². The second kappa shape index (κ2) is 12.0. The summed E-state index contributed by atoms with van der Waals surface area (Å²) in [6.45, 7) is 6.95. The van der Waals surface area contributed by atoms with Gasteiger partial charge in [-0.05, 0) is 64.2 Å². The lowest BCUT2D eigenvalue weighted by Crippen LogP contribution is -2.42. The first-order valence-corrected chi connectivity index (χ1v) is 10.4. The molecule has 0 aliphatic carbocycles. The van der Waals surface area contributed by atoms with Crippen molar-refractivity contribution in [1.29, 1.82) is 0 Å². The fourth-order valence-electron chi connectivity index (χ4n) is 3.19. The van der Waals surface area contributed by atoms with Crippen molar-refractivity contribution in [2.75, 3.05) is 46.6 Å². The van der Waals surface area contributed by atoms with Gasteiger partial charge in [0, 0.05) is 17.8 Å². The molecule has 1 aromatic rings. The van der Waals surface area contributed by atoms with Gasteiger partial charge in [0.05, 0.1) is 19.7 Å². The predicted molar refractivity (Wildman–Crippen MR) is 129 cm³/mol. The van der Waals surface area contributed by atoms with Gasteiger partial charge in [0.25, 0.3) is 0 Å². The molecule has 1 aromatic carbocycles. The van der Waals surface area contributed by atoms with Gasteiger partial charge in [-0.2, -0.15) is 11.8 Å². The first-order chi connectivity index (χ1) is 12.5. The minimum absolute atomic E-state index is 0. The highest BCUT2D eigenvalue weighted by molar-refractivity contribution is 14.0. The van der Waals surface area contributed by atoms with Crippen LogP contribution in [0.4, 0.5) is 0 Å². The van der Waals surface area contributed by atoms with E-state index in [0.717, 1.165) is 31.3 Å². The number of halogens is 1. The third-order valence-corrected chi connectivity index (χ3v) is 6.30. The van der Waals surface area contributed by atoms with Crippen LogP contribution in [0.1, 0.15) is 38.3 Å². The zero-order valence-electron chi connectivity index (χ0n) is 17.2. The summed E-state index contributed by atoms with van der Waals surface area (Å²) in [5.41, 5.74) is 1.23. The molecule has 2 N–H and O–H groups in total. The summed E-state index contributed by atoms with van der Waals surface area (Å²) in [7, 11) is 5.91. The molecular weight excluding hydrogens is 471 g/mol. The van der Waals surface area contributed by atoms with Gasteiger partial charge < -0.3 is 20.3 Å². The van der Waals surface area contributed by atoms with Gasteiger partial charge in [-0.3, -0.25) is 4.99 Å². The topological polar surface area (TPSA) is 48.9 Å². The molecule has 1 saturated heterocycles. The highest BCUT2D eigenvalue weighted by Crippen LogP contribution is 2.37. The van der Waals surface area contributed by atoms with E-state index in [4.69, 9.17) is 9.73 Å². The third kappa shape index (κ3) is 7.69. The van der Waals surface area contributed by atoms with Gasteiger partial charge in [0.1, 0.15) is 5.75 Å². The Hall–Kier alpha value is -0.670. The first kappa shape index (κ1) is 24.4. The monoisotopic (exact) mass is 506 g/mol. The number of guanidine groups is 1. The normalized spacial score (nSPS) is 20.9. The van der Waals surface area contributed by atoms with Crippen LogP contribution in [0.2, 0.25) is 0 Å². The molecule has 0 saturated carbocycles. The Morgan fingerprint density at radius 2 is 2.15 bits per heavy atom. The van der Waals surface area contributed by atoms with Gasteiger partial charge in [-0.25, -0.2) is 0 Å². The summed E-state index contributed by atoms with van der Waals surface area (Å²) < 4.78 is 5.67. The van der Waals surface area contributed by atoms with Crippen molar-refractivity contribution in [2.24, 2.45) is 4.99 Å². The van der Waals surface area contributed by atoms with E-state index < -0.39 is 0 Å². The summed E-state index contributed by atoms with van der Waals surface area (Å²) in [5, 5.41) is 6.90. The van der Waals surface area contributed by atoms with E-state index in [-0.39, 0.29) is 34.8 Å². The number of nitrogens with one attached hydrogen (secondary N) is 2. The Kier molecular flexibility index (Phi) is 10.8. The molecule has 1 aliphatic heterocycles. The summed E-state index contributed by atoms with van der Waals surface area (Å²) in [6.07, 6.45) is 2.56. The van der Waals surface area contributed by atoms with Crippen LogP contribution in [-0.4, -0.2) is 62.2 Å². The molecule has 7 heteroatoms. The maximum Gasteiger partial charge on any atom is 0.191 e. The zero-order valence-corrected chi connectivity index (χ0v) is 20.4. The maximum atomic E-state index is 5.38. The highest BCUT2D eigenvalue weighted by Gasteiger charge is 2.29. The van der Waals surface area contributed by atoms with Crippen molar-refractivity contribution < 1.29 is 4.74 Å². The van der Waals surface area contributed by atoms with E-state index >= 15 is 0 Å². The number of ether oxygens (including phenoxy) is 1. The molecular formula is C20H35IN4OS. The van der Waals surface area contributed by atoms with Gasteiger partial charge in [-0.1, -0.05) is 12.1 Å². The van der Waals surface area contributed by atoms with E-state index in [9.17, 15) is 0 Å². The lowest BCUT2D eigenvalue weighted by atomic mass is 10.1. The third-order valence-electron chi connectivity index (χ3n) is 4.78. The molecule has 5 nitrogen and oxygen atoms in total. The van der Waals surface area contributed by atoms with Crippen LogP contribution in [-0.2, 0) is 0 Å². The van der Waals surface area contributed by atoms with Gasteiger partial charge >= 0.3 is 0 Å². The van der Waals surface area contributed by atoms with Crippen molar-refractivity contribution in [2.45, 2.75) is 37.5 Å². The predicted octanol–water partition coefficient (Wildman–Crippen LogP) is 3.76. The quantitative estimate of drug-likeness (QED) is 0.320. The summed E-state index contributed by atoms with van der Waals surface area (Å²) >= 11 is 2.05. The molecule has 2 atom stereocenters. The molecule has 154 valence electrons. The minimum atomic E-state index is 0. The number of hydrogen-bond acceptors (Lipinski definition) is 4. The number of hydrogen-bond donors (Lipinski definition) is 2. The van der Waals surface area contributed by atoms with Crippen LogP contribution in [0.5, 0.6) is 5.75 Å². The Bertz CT molecular complexity index is 591. The second-order valence-electron chi connectivity index (χ2n) is 7.23. The molecule has 1 aliphatic rings. The number of nitrogens with zero attached hydrogens (tertiary/aromatic N) is 2. The van der Waals surface area contributed by atoms with Crippen molar-refractivity contribution in [3.8, 4) is 5.75 Å². The van der Waals surface area contributed by atoms with E-state index in [1.807, 2.05) is 12.1 Å². The molecule has 0 bridgehead atoms. The van der Waals surface area contributed by atoms with E-state index in [1.165, 1.54) is 24.2 Å². The average molecular weight is 506 g/mol. The van der Waals surface area contributed by atoms with Crippen molar-refractivity contribution in [3.63, 3.8) is 0 Å². The number of methoxy groups -OCH3 is 1. The van der Waals surface area contributed by atoms with Crippen LogP contribution in [0.15, 0.2) is 29.3 Å². The maximum absolute atomic E-state index is 5.38. The smallest absolute Gasteiger partial charge is 0.191 e. The lowest BCUT2D eigenvalue weighted by molar-refractivity contribution is 0.297. The van der Waals surface area contributed by atoms with Crippen molar-refractivity contribution >= 4 is 41.7 Å². The SMILES string of the molecule is CCNC(=NCC1(C)CCCS1)NCC(c1cccc(OC)c1)N(C)C.I. The van der Waals surface area contributed by atoms with Crippen LogP contribution in [0.3, 0.4) is 0 Å². The van der Waals surface area contributed by atoms with Gasteiger partial charge in [0.15, 0.2) is 5.96 Å². The average Bonchev–Trinajstić information content (AvgIpc) is 3.06. The van der Waals surface area contributed by atoms with Crippen LogP contribution >= 0.6 is 35.7 Å². The fraction of sp³-hybridized carbons (Fsp3) is 0.650. The number of rotatable bonds is 8. The summed E-state index contributed by atoms with van der Waals surface area (Å²) in [6, 6.07) is 8.52. The van der Waals surface area contributed by atoms with Crippen LogP contribution < -0.4 is 15.4 Å². The van der Waals surface area contributed by atoms with E-state index in [0.29, 0.717) is 0 Å². The second-order valence-corrected chi connectivity index (χ2v) is 8.92. The molecule has 2 rings (SSSR count). The first-order valence-electron chi connectivity index (χ1n) is 9.44. The molecule has 0 aromatic heterocycles. The number of benzene rings is 1. The van der Waals surface area contributed by atoms with Crippen molar-refractivity contribution in [3.05, 3.63) is 29.8 Å². The standard InChI is InChI=1S/C20H34N4OS.HI/c1-6-21-19(23-15-20(2)11-8-12-26-20)22-14-18(24(3)4)16-9-7-10-17(13-16)25-5;/h7,9-10,13,18H,6,8,11-12,14-15H2,1-5H3,(H2,21,22,23);1H. The van der Waals surface area contributed by atoms with Crippen molar-refractivity contribution in [1.82, 2.24) is 15.5 Å². The Balaban J connectivity index is 0.00000364. The molecule has 0 radical (unpaired) electrons. The fourth-order valence-corrected chi connectivity index (χ4v) is 4.42. The zero-order chi connectivity index (χ0) is 19.0. The summed E-state index contributed by atoms with van der Waals surface area (Å²) in [4.78, 5) is 7.08. The van der Waals surface area contributed by atoms with Crippen LogP contribution in [0, 0.1) is 0 Å². The molecule has 2 unspecified atom stereocenters. The Morgan fingerprint density at radius 1 is 1.37 bits per heavy atom. The molecule has 1 fully saturated rings. The Morgan fingerprint density at radius 3 is 2.74 bits per heavy atom. The number of thioether (sulfide) groups is 1. The highest BCUT2D eigenvalue weighted by atomic mass is 127. The summed E-state index contributed by atoms with van der Waals surface area (Å²) in [5.74, 6) is 3.05. The largest absolute Gasteiger partial charge is 0.497 e. The molecule has 27 heavy (non-hydrogen) atoms. The lowest BCUT2D eigenvalue weighted by Gasteiger charge is -2.27. The van der Waals surface area contributed by atoms with Crippen LogP contribution in [0.25, 0.3) is 0 Å². The molecule has 0 spiro atoms. The molecule has 1 heterocycles. The van der Waals surface area contributed by atoms with Gasteiger partial charge in [-0.15, -0.1) is 24.0 Å². The molecule has 0 amide bonds. The van der Waals surface area contributed by atoms with E-state index in [2.05, 4.69) is 67.4 Å².